The van der Waals surface area contributed by atoms with Gasteiger partial charge in [-0.05, 0) is 36.8 Å². The van der Waals surface area contributed by atoms with Crippen molar-refractivity contribution in [1.29, 1.82) is 0 Å². The molecule has 0 saturated heterocycles. The molecule has 0 amide bonds. The molecular formula is C19H19N3O2. The Kier molecular flexibility index (Phi) is 3.69. The third-order valence-electron chi connectivity index (χ3n) is 4.34. The summed E-state index contributed by atoms with van der Waals surface area (Å²) in [6.45, 7) is 4.78. The van der Waals surface area contributed by atoms with Gasteiger partial charge in [-0.15, -0.1) is 0 Å². The third-order valence-corrected chi connectivity index (χ3v) is 4.34. The van der Waals surface area contributed by atoms with Crippen molar-refractivity contribution in [2.45, 2.75) is 13.5 Å². The number of hydrogen-bond donors (Lipinski definition) is 0. The largest absolute Gasteiger partial charge is 0.492 e. The van der Waals surface area contributed by atoms with Gasteiger partial charge < -0.3 is 9.64 Å². The fourth-order valence-corrected chi connectivity index (χ4v) is 3.11. The van der Waals surface area contributed by atoms with Crippen molar-refractivity contribution in [3.8, 4) is 5.75 Å². The van der Waals surface area contributed by atoms with Crippen LogP contribution in [0.15, 0.2) is 53.3 Å². The highest BCUT2D eigenvalue weighted by molar-refractivity contribution is 5.78. The summed E-state index contributed by atoms with van der Waals surface area (Å²) in [5.41, 5.74) is 1.97. The smallest absolute Gasteiger partial charge is 0.262 e. The van der Waals surface area contributed by atoms with Gasteiger partial charge in [0, 0.05) is 13.1 Å². The number of fused-ring (bicyclic) bond motifs is 2. The Bertz CT molecular complexity index is 949. The molecule has 0 atom stereocenters. The number of anilines is 1. The topological polar surface area (TPSA) is 47.4 Å². The van der Waals surface area contributed by atoms with E-state index in [4.69, 9.17) is 4.74 Å². The summed E-state index contributed by atoms with van der Waals surface area (Å²) in [5.74, 6) is 1.62. The number of rotatable bonds is 4. The Morgan fingerprint density at radius 1 is 1.12 bits per heavy atom. The van der Waals surface area contributed by atoms with Gasteiger partial charge in [-0.3, -0.25) is 9.36 Å². The van der Waals surface area contributed by atoms with Crippen LogP contribution in [0.3, 0.4) is 0 Å². The average Bonchev–Trinajstić information content (AvgIpc) is 2.99. The number of hydrogen-bond acceptors (Lipinski definition) is 4. The number of ether oxygens (including phenoxy) is 1. The molecule has 0 N–H and O–H groups in total. The highest BCUT2D eigenvalue weighted by Gasteiger charge is 2.22. The van der Waals surface area contributed by atoms with E-state index in [1.165, 1.54) is 5.56 Å². The van der Waals surface area contributed by atoms with Crippen LogP contribution in [0.5, 0.6) is 5.75 Å². The molecule has 0 bridgehead atoms. The van der Waals surface area contributed by atoms with Crippen LogP contribution in [0, 0.1) is 6.92 Å². The number of aryl methyl sites for hydroxylation is 1. The van der Waals surface area contributed by atoms with Crippen LogP contribution in [-0.4, -0.2) is 29.2 Å². The summed E-state index contributed by atoms with van der Waals surface area (Å²) in [6, 6.07) is 15.5. The van der Waals surface area contributed by atoms with Crippen LogP contribution < -0.4 is 15.2 Å². The van der Waals surface area contributed by atoms with Gasteiger partial charge in [0.05, 0.1) is 17.4 Å². The van der Waals surface area contributed by atoms with Crippen molar-refractivity contribution in [1.82, 2.24) is 9.55 Å². The molecular weight excluding hydrogens is 302 g/mol. The highest BCUT2D eigenvalue weighted by Crippen LogP contribution is 2.20. The van der Waals surface area contributed by atoms with E-state index in [0.717, 1.165) is 23.8 Å². The summed E-state index contributed by atoms with van der Waals surface area (Å²) in [4.78, 5) is 19.3. The second-order valence-corrected chi connectivity index (χ2v) is 6.04. The van der Waals surface area contributed by atoms with E-state index in [9.17, 15) is 4.79 Å². The molecule has 0 saturated carbocycles. The molecule has 0 radical (unpaired) electrons. The van der Waals surface area contributed by atoms with Crippen molar-refractivity contribution in [3.05, 3.63) is 64.4 Å². The second-order valence-electron chi connectivity index (χ2n) is 6.04. The van der Waals surface area contributed by atoms with Crippen LogP contribution >= 0.6 is 0 Å². The van der Waals surface area contributed by atoms with E-state index < -0.39 is 0 Å². The zero-order chi connectivity index (χ0) is 16.5. The first kappa shape index (κ1) is 14.8. The minimum atomic E-state index is 0.0395. The van der Waals surface area contributed by atoms with E-state index in [2.05, 4.69) is 9.88 Å². The molecule has 1 aliphatic heterocycles. The van der Waals surface area contributed by atoms with Crippen molar-refractivity contribution in [3.63, 3.8) is 0 Å². The first-order valence-electron chi connectivity index (χ1n) is 8.16. The molecule has 1 aliphatic rings. The minimum absolute atomic E-state index is 0.0395. The number of aromatic nitrogens is 2. The summed E-state index contributed by atoms with van der Waals surface area (Å²) in [5, 5.41) is 0.680. The maximum absolute atomic E-state index is 12.6. The van der Waals surface area contributed by atoms with Crippen molar-refractivity contribution < 1.29 is 4.74 Å². The fourth-order valence-electron chi connectivity index (χ4n) is 3.11. The van der Waals surface area contributed by atoms with Crippen LogP contribution in [0.4, 0.5) is 5.95 Å². The Hall–Kier alpha value is -2.82. The van der Waals surface area contributed by atoms with Crippen molar-refractivity contribution >= 4 is 16.9 Å². The normalized spacial score (nSPS) is 13.3. The predicted molar refractivity (Wildman–Crippen MR) is 94.9 cm³/mol. The summed E-state index contributed by atoms with van der Waals surface area (Å²) < 4.78 is 7.58. The van der Waals surface area contributed by atoms with Gasteiger partial charge in [0.2, 0.25) is 5.95 Å². The van der Waals surface area contributed by atoms with Gasteiger partial charge >= 0.3 is 0 Å². The standard InChI is InChI=1S/C19H19N3O2/c1-14-5-4-6-15(13-14)24-12-11-21-9-10-22-18(23)16-7-2-3-8-17(16)20-19(21)22/h2-8,13H,9-12H2,1H3. The lowest BCUT2D eigenvalue weighted by Gasteiger charge is -2.17. The molecule has 2 aromatic carbocycles. The maximum atomic E-state index is 12.6. The summed E-state index contributed by atoms with van der Waals surface area (Å²) in [6.07, 6.45) is 0. The molecule has 4 rings (SSSR count). The van der Waals surface area contributed by atoms with Gasteiger partial charge in [-0.2, -0.15) is 0 Å². The van der Waals surface area contributed by atoms with Crippen LogP contribution in [0.1, 0.15) is 5.56 Å². The molecule has 0 unspecified atom stereocenters. The molecule has 0 aliphatic carbocycles. The van der Waals surface area contributed by atoms with Crippen LogP contribution in [-0.2, 0) is 6.54 Å². The van der Waals surface area contributed by atoms with E-state index in [1.54, 1.807) is 4.57 Å². The Morgan fingerprint density at radius 2 is 2.00 bits per heavy atom. The molecule has 1 aromatic heterocycles. The Balaban J connectivity index is 1.53. The minimum Gasteiger partial charge on any atom is -0.492 e. The third kappa shape index (κ3) is 2.62. The van der Waals surface area contributed by atoms with E-state index in [-0.39, 0.29) is 5.56 Å². The zero-order valence-electron chi connectivity index (χ0n) is 13.6. The van der Waals surface area contributed by atoms with Crippen LogP contribution in [0.25, 0.3) is 10.9 Å². The first-order chi connectivity index (χ1) is 11.7. The van der Waals surface area contributed by atoms with E-state index in [1.807, 2.05) is 55.5 Å². The van der Waals surface area contributed by atoms with E-state index in [0.29, 0.717) is 25.1 Å². The Labute approximate surface area is 140 Å². The van der Waals surface area contributed by atoms with E-state index >= 15 is 0 Å². The predicted octanol–water partition coefficient (Wildman–Crippen LogP) is 2.60. The Morgan fingerprint density at radius 3 is 2.88 bits per heavy atom. The van der Waals surface area contributed by atoms with Crippen LogP contribution in [0.2, 0.25) is 0 Å². The molecule has 5 nitrogen and oxygen atoms in total. The zero-order valence-corrected chi connectivity index (χ0v) is 13.6. The van der Waals surface area contributed by atoms with Crippen molar-refractivity contribution in [2.75, 3.05) is 24.6 Å². The lowest BCUT2D eigenvalue weighted by molar-refractivity contribution is 0.324. The van der Waals surface area contributed by atoms with Gasteiger partial charge in [0.25, 0.3) is 5.56 Å². The average molecular weight is 321 g/mol. The van der Waals surface area contributed by atoms with Gasteiger partial charge in [-0.25, -0.2) is 4.98 Å². The SMILES string of the molecule is Cc1cccc(OCCN2CCn3c2nc2ccccc2c3=O)c1. The molecule has 2 heterocycles. The molecule has 0 spiro atoms. The molecule has 122 valence electrons. The van der Waals surface area contributed by atoms with Gasteiger partial charge in [0.1, 0.15) is 12.4 Å². The lowest BCUT2D eigenvalue weighted by atomic mass is 10.2. The monoisotopic (exact) mass is 321 g/mol. The quantitative estimate of drug-likeness (QED) is 0.741. The molecule has 3 aromatic rings. The number of nitrogens with zero attached hydrogens (tertiary/aromatic N) is 3. The molecule has 0 fully saturated rings. The lowest BCUT2D eigenvalue weighted by Crippen LogP contribution is -2.27. The van der Waals surface area contributed by atoms with Gasteiger partial charge in [-0.1, -0.05) is 24.3 Å². The molecule has 24 heavy (non-hydrogen) atoms. The maximum Gasteiger partial charge on any atom is 0.262 e. The van der Waals surface area contributed by atoms with Gasteiger partial charge in [0.15, 0.2) is 0 Å². The first-order valence-corrected chi connectivity index (χ1v) is 8.16. The molecule has 5 heteroatoms. The second kappa shape index (κ2) is 6.00. The summed E-state index contributed by atoms with van der Waals surface area (Å²) in [7, 11) is 0. The summed E-state index contributed by atoms with van der Waals surface area (Å²) >= 11 is 0. The highest BCUT2D eigenvalue weighted by atomic mass is 16.5. The fraction of sp³-hybridized carbons (Fsp3) is 0.263. The number of para-hydroxylation sites is 1. The van der Waals surface area contributed by atoms with Crippen molar-refractivity contribution in [2.24, 2.45) is 0 Å². The number of benzene rings is 2.